The van der Waals surface area contributed by atoms with Gasteiger partial charge in [-0.15, -0.1) is 0 Å². The van der Waals surface area contributed by atoms with Gasteiger partial charge in [-0.2, -0.15) is 0 Å². The number of hydrogen-bond donors (Lipinski definition) is 1. The van der Waals surface area contributed by atoms with Crippen molar-refractivity contribution in [3.05, 3.63) is 59.7 Å². The monoisotopic (exact) mass is 268 g/mol. The van der Waals surface area contributed by atoms with Crippen molar-refractivity contribution in [3.8, 4) is 0 Å². The van der Waals surface area contributed by atoms with E-state index in [4.69, 9.17) is 0 Å². The minimum Gasteiger partial charge on any atom is -0.379 e. The predicted molar refractivity (Wildman–Crippen MR) is 88.6 cm³/mol. The molecule has 2 heteroatoms. The molecule has 0 aliphatic rings. The van der Waals surface area contributed by atoms with E-state index < -0.39 is 0 Å². The average Bonchev–Trinajstić information content (AvgIpc) is 2.48. The summed E-state index contributed by atoms with van der Waals surface area (Å²) in [5, 5.41) is 3.54. The van der Waals surface area contributed by atoms with E-state index in [0.29, 0.717) is 6.04 Å². The zero-order valence-electron chi connectivity index (χ0n) is 12.9. The molecular formula is C18H24N2. The molecule has 0 spiro atoms. The van der Waals surface area contributed by atoms with Crippen LogP contribution in [0.2, 0.25) is 0 Å². The SMILES string of the molecule is CCc1ccc(NC(C)c2ccc(N(C)C)cc2)cc1. The Bertz CT molecular complexity index is 526. The summed E-state index contributed by atoms with van der Waals surface area (Å²) in [4.78, 5) is 2.12. The molecular weight excluding hydrogens is 244 g/mol. The second-order valence-electron chi connectivity index (χ2n) is 5.40. The van der Waals surface area contributed by atoms with Crippen LogP contribution in [0.25, 0.3) is 0 Å². The van der Waals surface area contributed by atoms with Crippen molar-refractivity contribution in [2.24, 2.45) is 0 Å². The van der Waals surface area contributed by atoms with Gasteiger partial charge in [-0.3, -0.25) is 0 Å². The van der Waals surface area contributed by atoms with Gasteiger partial charge in [-0.05, 0) is 48.7 Å². The van der Waals surface area contributed by atoms with Crippen LogP contribution in [0.5, 0.6) is 0 Å². The van der Waals surface area contributed by atoms with E-state index in [9.17, 15) is 0 Å². The highest BCUT2D eigenvalue weighted by Gasteiger charge is 2.05. The molecule has 0 heterocycles. The van der Waals surface area contributed by atoms with Crippen LogP contribution in [-0.2, 0) is 6.42 Å². The van der Waals surface area contributed by atoms with Crippen molar-refractivity contribution in [3.63, 3.8) is 0 Å². The Morgan fingerprint density at radius 2 is 1.55 bits per heavy atom. The molecule has 0 aliphatic carbocycles. The van der Waals surface area contributed by atoms with Gasteiger partial charge in [-0.1, -0.05) is 31.2 Å². The molecule has 1 N–H and O–H groups in total. The lowest BCUT2D eigenvalue weighted by Gasteiger charge is -2.18. The van der Waals surface area contributed by atoms with Gasteiger partial charge in [0.25, 0.3) is 0 Å². The summed E-state index contributed by atoms with van der Waals surface area (Å²) in [7, 11) is 4.12. The Hall–Kier alpha value is -1.96. The number of anilines is 2. The summed E-state index contributed by atoms with van der Waals surface area (Å²) in [6, 6.07) is 17.7. The lowest BCUT2D eigenvalue weighted by molar-refractivity contribution is 0.884. The maximum absolute atomic E-state index is 3.54. The van der Waals surface area contributed by atoms with E-state index in [2.05, 4.69) is 86.7 Å². The van der Waals surface area contributed by atoms with Crippen molar-refractivity contribution >= 4 is 11.4 Å². The van der Waals surface area contributed by atoms with Crippen LogP contribution in [0, 0.1) is 0 Å². The lowest BCUT2D eigenvalue weighted by Crippen LogP contribution is -2.10. The summed E-state index contributed by atoms with van der Waals surface area (Å²) >= 11 is 0. The van der Waals surface area contributed by atoms with Gasteiger partial charge in [0.15, 0.2) is 0 Å². The maximum Gasteiger partial charge on any atom is 0.0485 e. The maximum atomic E-state index is 3.54. The van der Waals surface area contributed by atoms with E-state index in [1.807, 2.05) is 0 Å². The fraction of sp³-hybridized carbons (Fsp3) is 0.333. The first-order valence-electron chi connectivity index (χ1n) is 7.23. The molecule has 0 radical (unpaired) electrons. The highest BCUT2D eigenvalue weighted by atomic mass is 15.1. The summed E-state index contributed by atoms with van der Waals surface area (Å²) in [6.45, 7) is 4.37. The van der Waals surface area contributed by atoms with E-state index in [1.54, 1.807) is 0 Å². The van der Waals surface area contributed by atoms with Crippen LogP contribution in [0.15, 0.2) is 48.5 Å². The molecule has 0 aromatic heterocycles. The molecule has 20 heavy (non-hydrogen) atoms. The second-order valence-corrected chi connectivity index (χ2v) is 5.40. The second kappa shape index (κ2) is 6.47. The summed E-state index contributed by atoms with van der Waals surface area (Å²) < 4.78 is 0. The van der Waals surface area contributed by atoms with Crippen LogP contribution >= 0.6 is 0 Å². The first kappa shape index (κ1) is 14.4. The molecule has 0 fully saturated rings. The van der Waals surface area contributed by atoms with Crippen LogP contribution < -0.4 is 10.2 Å². The molecule has 1 unspecified atom stereocenters. The summed E-state index contributed by atoms with van der Waals surface area (Å²) in [5.41, 5.74) is 5.08. The highest BCUT2D eigenvalue weighted by molar-refractivity contribution is 5.49. The molecule has 0 amide bonds. The molecule has 0 bridgehead atoms. The summed E-state index contributed by atoms with van der Waals surface area (Å²) in [6.07, 6.45) is 1.09. The Labute approximate surface area is 122 Å². The first-order chi connectivity index (χ1) is 9.60. The third kappa shape index (κ3) is 3.53. The molecule has 2 aromatic rings. The number of benzene rings is 2. The third-order valence-corrected chi connectivity index (χ3v) is 3.65. The van der Waals surface area contributed by atoms with Crippen molar-refractivity contribution in [1.29, 1.82) is 0 Å². The fourth-order valence-corrected chi connectivity index (χ4v) is 2.23. The van der Waals surface area contributed by atoms with Gasteiger partial charge in [0.2, 0.25) is 0 Å². The van der Waals surface area contributed by atoms with Gasteiger partial charge in [0.05, 0.1) is 0 Å². The molecule has 106 valence electrons. The topological polar surface area (TPSA) is 15.3 Å². The molecule has 0 saturated heterocycles. The smallest absolute Gasteiger partial charge is 0.0485 e. The molecule has 1 atom stereocenters. The van der Waals surface area contributed by atoms with Gasteiger partial charge in [0, 0.05) is 31.5 Å². The zero-order valence-corrected chi connectivity index (χ0v) is 12.9. The van der Waals surface area contributed by atoms with E-state index >= 15 is 0 Å². The van der Waals surface area contributed by atoms with Gasteiger partial charge in [-0.25, -0.2) is 0 Å². The normalized spacial score (nSPS) is 12.0. The molecule has 2 nitrogen and oxygen atoms in total. The lowest BCUT2D eigenvalue weighted by atomic mass is 10.1. The average molecular weight is 268 g/mol. The van der Waals surface area contributed by atoms with Crippen molar-refractivity contribution < 1.29 is 0 Å². The van der Waals surface area contributed by atoms with Crippen molar-refractivity contribution in [2.75, 3.05) is 24.3 Å². The molecule has 0 saturated carbocycles. The van der Waals surface area contributed by atoms with Crippen molar-refractivity contribution in [2.45, 2.75) is 26.3 Å². The number of rotatable bonds is 5. The summed E-state index contributed by atoms with van der Waals surface area (Å²) in [5.74, 6) is 0. The Morgan fingerprint density at radius 3 is 2.05 bits per heavy atom. The minimum absolute atomic E-state index is 0.304. The van der Waals surface area contributed by atoms with Crippen LogP contribution in [0.4, 0.5) is 11.4 Å². The number of nitrogens with one attached hydrogen (secondary N) is 1. The predicted octanol–water partition coefficient (Wildman–Crippen LogP) is 4.49. The van der Waals surface area contributed by atoms with Gasteiger partial charge < -0.3 is 10.2 Å². The molecule has 2 aromatic carbocycles. The quantitative estimate of drug-likeness (QED) is 0.859. The standard InChI is InChI=1S/C18H24N2/c1-5-15-6-10-17(11-7-15)19-14(2)16-8-12-18(13-9-16)20(3)4/h6-14,19H,5H2,1-4H3. The number of aryl methyl sites for hydroxylation is 1. The Morgan fingerprint density at radius 1 is 0.950 bits per heavy atom. The van der Waals surface area contributed by atoms with Crippen LogP contribution in [-0.4, -0.2) is 14.1 Å². The molecule has 2 rings (SSSR count). The number of nitrogens with zero attached hydrogens (tertiary/aromatic N) is 1. The first-order valence-corrected chi connectivity index (χ1v) is 7.23. The van der Waals surface area contributed by atoms with Crippen LogP contribution in [0.3, 0.4) is 0 Å². The van der Waals surface area contributed by atoms with E-state index in [-0.39, 0.29) is 0 Å². The highest BCUT2D eigenvalue weighted by Crippen LogP contribution is 2.22. The Kier molecular flexibility index (Phi) is 4.67. The van der Waals surface area contributed by atoms with Crippen LogP contribution in [0.1, 0.15) is 31.0 Å². The van der Waals surface area contributed by atoms with E-state index in [1.165, 1.54) is 22.5 Å². The van der Waals surface area contributed by atoms with Crippen molar-refractivity contribution in [1.82, 2.24) is 0 Å². The molecule has 0 aliphatic heterocycles. The fourth-order valence-electron chi connectivity index (χ4n) is 2.23. The minimum atomic E-state index is 0.304. The van der Waals surface area contributed by atoms with E-state index in [0.717, 1.165) is 6.42 Å². The van der Waals surface area contributed by atoms with Gasteiger partial charge in [0.1, 0.15) is 0 Å². The largest absolute Gasteiger partial charge is 0.379 e. The zero-order chi connectivity index (χ0) is 14.5. The Balaban J connectivity index is 2.04. The third-order valence-electron chi connectivity index (χ3n) is 3.65. The number of hydrogen-bond acceptors (Lipinski definition) is 2. The van der Waals surface area contributed by atoms with Gasteiger partial charge >= 0.3 is 0 Å².